The van der Waals surface area contributed by atoms with Crippen molar-refractivity contribution in [2.75, 3.05) is 0 Å². The van der Waals surface area contributed by atoms with Gasteiger partial charge in [0, 0.05) is 123 Å². The number of fused-ring (bicyclic) bond motifs is 16. The van der Waals surface area contributed by atoms with Crippen LogP contribution in [0, 0.1) is 41.5 Å². The van der Waals surface area contributed by atoms with E-state index in [0.717, 1.165) is 213 Å². The van der Waals surface area contributed by atoms with Crippen LogP contribution in [0.4, 0.5) is 0 Å². The third kappa shape index (κ3) is 16.6. The summed E-state index contributed by atoms with van der Waals surface area (Å²) >= 11 is 5.87. The Labute approximate surface area is 731 Å². The fraction of sp³-hybridized carbons (Fsp3) is 0.107. The van der Waals surface area contributed by atoms with Crippen LogP contribution < -0.4 is 0 Å². The van der Waals surface area contributed by atoms with Crippen LogP contribution in [0.25, 0.3) is 182 Å². The van der Waals surface area contributed by atoms with Crippen molar-refractivity contribution >= 4 is 128 Å². The van der Waals surface area contributed by atoms with Gasteiger partial charge >= 0.3 is 0 Å². The molecule has 0 fully saturated rings. The Balaban J connectivity index is 0.503. The Kier molecular flexibility index (Phi) is 21.7. The molecule has 4 aliphatic heterocycles. The molecule has 0 saturated heterocycles. The van der Waals surface area contributed by atoms with Gasteiger partial charge in [-0.2, -0.15) is 35.3 Å². The molecule has 0 unspecified atom stereocenters. The maximum Gasteiger partial charge on any atom is 0.0737 e. The van der Waals surface area contributed by atoms with Crippen molar-refractivity contribution in [3.05, 3.63) is 403 Å². The Bertz CT molecular complexity index is 6700. The van der Waals surface area contributed by atoms with Gasteiger partial charge in [0.2, 0.25) is 0 Å². The molecule has 20 rings (SSSR count). The van der Waals surface area contributed by atoms with Gasteiger partial charge < -0.3 is 19.9 Å². The van der Waals surface area contributed by atoms with E-state index in [1.807, 2.05) is 35.3 Å². The second-order valence-electron chi connectivity index (χ2n) is 32.7. The lowest BCUT2D eigenvalue weighted by Crippen LogP contribution is -1.90. The second kappa shape index (κ2) is 34.2. The zero-order valence-electron chi connectivity index (χ0n) is 69.6. The number of rotatable bonds is 20. The minimum Gasteiger partial charge on any atom is -0.354 e. The van der Waals surface area contributed by atoms with E-state index in [4.69, 9.17) is 19.9 Å². The van der Waals surface area contributed by atoms with Crippen LogP contribution in [0.3, 0.4) is 0 Å². The van der Waals surface area contributed by atoms with E-state index >= 15 is 0 Å². The Hall–Kier alpha value is -13.6. The van der Waals surface area contributed by atoms with E-state index < -0.39 is 0 Å². The Morgan fingerprint density at radius 1 is 0.163 bits per heavy atom. The van der Waals surface area contributed by atoms with Gasteiger partial charge in [-0.15, -0.1) is 0 Å². The van der Waals surface area contributed by atoms with Gasteiger partial charge in [-0.1, -0.05) is 276 Å². The van der Waals surface area contributed by atoms with Gasteiger partial charge in [0.05, 0.1) is 45.6 Å². The lowest BCUT2D eigenvalue weighted by Gasteiger charge is -2.09. The fourth-order valence-corrected chi connectivity index (χ4v) is 19.9. The number of hydrogen-bond donors (Lipinski definition) is 4. The van der Waals surface area contributed by atoms with Crippen molar-refractivity contribution < 1.29 is 0 Å². The van der Waals surface area contributed by atoms with Crippen LogP contribution in [0.5, 0.6) is 0 Å². The predicted molar refractivity (Wildman–Crippen MR) is 528 cm³/mol. The van der Waals surface area contributed by atoms with Gasteiger partial charge in [-0.25, -0.2) is 19.9 Å². The molecule has 4 N–H and O–H groups in total. The maximum atomic E-state index is 5.58. The first-order valence-corrected chi connectivity index (χ1v) is 45.6. The molecule has 11 heteroatoms. The van der Waals surface area contributed by atoms with Gasteiger partial charge in [-0.05, 0) is 217 Å². The van der Waals surface area contributed by atoms with Crippen molar-refractivity contribution in [3.63, 3.8) is 0 Å². The number of nitrogens with zero attached hydrogens (tertiary/aromatic N) is 4. The monoisotopic (exact) mass is 1640 g/mol. The van der Waals surface area contributed by atoms with E-state index in [1.54, 1.807) is 0 Å². The first-order chi connectivity index (χ1) is 60.3. The number of benzene rings is 10. The van der Waals surface area contributed by atoms with E-state index in [9.17, 15) is 0 Å². The molecule has 0 spiro atoms. The van der Waals surface area contributed by atoms with E-state index in [0.29, 0.717) is 0 Å². The number of nitrogens with one attached hydrogen (secondary N) is 4. The molecule has 4 aliphatic rings. The number of thioether (sulfide) groups is 3. The lowest BCUT2D eigenvalue weighted by molar-refractivity contribution is 1.30. The largest absolute Gasteiger partial charge is 0.354 e. The third-order valence-corrected chi connectivity index (χ3v) is 26.9. The molecule has 8 nitrogen and oxygen atoms in total. The van der Waals surface area contributed by atoms with Gasteiger partial charge in [0.1, 0.15) is 0 Å². The summed E-state index contributed by atoms with van der Waals surface area (Å²) in [7, 11) is 0. The summed E-state index contributed by atoms with van der Waals surface area (Å²) in [6.45, 7) is 12.8. The molecule has 16 bridgehead atoms. The lowest BCUT2D eigenvalue weighted by atomic mass is 10.0. The maximum absolute atomic E-state index is 5.58. The smallest absolute Gasteiger partial charge is 0.0737 e. The molecule has 0 radical (unpaired) electrons. The van der Waals surface area contributed by atoms with Crippen molar-refractivity contribution in [1.82, 2.24) is 39.9 Å². The standard InChI is InChI=1S/C112H90N8S3/c1-69-7-31-81(32-8-69)105-89-47-51-93(113-89)107(83-35-11-71(3)12-36-83)97-55-59-101(117-97)111(102-60-56-98(118-102)108(94-52-48-90(105)114-94)84-37-13-72(4)14-38-84)87-43-27-79(28-44-87)67-122-65-77-23-19-75(20-24-77)63-121-64-76-21-25-78(26-22-76)66-123-68-80-29-45-88(46-30-80)112-103-61-57-99(119-103)109(85-39-15-73(5)16-40-85)95-53-49-91(115-95)106(82-33-9-70(2)10-34-82)92-50-54-96(116-92)110(100-58-62-104(112)120-100)86-41-17-74(6)18-42-86/h7-62,113,115,118,120H,63-68H2,1-6H3. The van der Waals surface area contributed by atoms with Gasteiger partial charge in [0.15, 0.2) is 0 Å². The highest BCUT2D eigenvalue weighted by molar-refractivity contribution is 7.98. The molecule has 0 atom stereocenters. The molecule has 10 aromatic carbocycles. The van der Waals surface area contributed by atoms with E-state index in [2.05, 4.69) is 401 Å². The summed E-state index contributed by atoms with van der Waals surface area (Å²) in [6, 6.07) is 107. The summed E-state index contributed by atoms with van der Waals surface area (Å²) in [4.78, 5) is 37.9. The molecular weight excluding hydrogens is 1550 g/mol. The molecule has 6 aromatic heterocycles. The zero-order valence-corrected chi connectivity index (χ0v) is 72.0. The second-order valence-corrected chi connectivity index (χ2v) is 35.7. The number of hydrogen-bond acceptors (Lipinski definition) is 7. The fourth-order valence-electron chi connectivity index (χ4n) is 17.0. The highest BCUT2D eigenvalue weighted by Gasteiger charge is 2.24. The first kappa shape index (κ1) is 78.0. The van der Waals surface area contributed by atoms with Crippen molar-refractivity contribution in [1.29, 1.82) is 0 Å². The van der Waals surface area contributed by atoms with Crippen LogP contribution in [-0.2, 0) is 34.5 Å². The Morgan fingerprint density at radius 3 is 0.423 bits per heavy atom. The van der Waals surface area contributed by atoms with Crippen molar-refractivity contribution in [3.8, 4) is 89.0 Å². The predicted octanol–water partition coefficient (Wildman–Crippen LogP) is 30.1. The minimum atomic E-state index is 0.894. The topological polar surface area (TPSA) is 115 Å². The molecule has 0 saturated carbocycles. The van der Waals surface area contributed by atoms with Gasteiger partial charge in [-0.3, -0.25) is 0 Å². The highest BCUT2D eigenvalue weighted by atomic mass is 32.2. The molecule has 0 amide bonds. The SMILES string of the molecule is Cc1ccc(-c2c3nc(c(-c4ccc(C)cc4)c4ccc([nH]4)c(-c4ccc(CSCc5ccc(CSCc6ccc(CSCc7ccc(-c8c9nc(c(-c%10ccc(C)cc%10)c%10ccc([nH]%10)c(-c%10ccc(C)cc%10)c%10nc(c(-c%11ccc(C)cc%11)c%11ccc8[nH]%11)C=C%10)C=C9)cc7)cc6)cc5)cc4)c4nc(c(-c5ccc(C)cc5)c5ccc2[nH]5)C=C4)C=C3)cc1. The first-order valence-electron chi connectivity index (χ1n) is 42.1. The summed E-state index contributed by atoms with van der Waals surface area (Å²) in [5.74, 6) is 5.57. The minimum absolute atomic E-state index is 0.894. The number of aromatic amines is 4. The van der Waals surface area contributed by atoms with Crippen LogP contribution in [0.1, 0.15) is 112 Å². The van der Waals surface area contributed by atoms with Crippen molar-refractivity contribution in [2.24, 2.45) is 0 Å². The van der Waals surface area contributed by atoms with Crippen molar-refractivity contribution in [2.45, 2.75) is 76.1 Å². The normalized spacial score (nSPS) is 12.1. The third-order valence-electron chi connectivity index (χ3n) is 23.7. The summed E-state index contributed by atoms with van der Waals surface area (Å²) in [5, 5.41) is 0. The van der Waals surface area contributed by atoms with E-state index in [1.165, 1.54) is 66.8 Å². The molecule has 16 aromatic rings. The molecule has 123 heavy (non-hydrogen) atoms. The molecule has 0 aliphatic carbocycles. The Morgan fingerprint density at radius 2 is 0.285 bits per heavy atom. The number of aromatic nitrogens is 8. The van der Waals surface area contributed by atoms with Crippen LogP contribution in [-0.4, -0.2) is 39.9 Å². The number of aryl methyl sites for hydroxylation is 6. The van der Waals surface area contributed by atoms with Crippen LogP contribution >= 0.6 is 35.3 Å². The van der Waals surface area contributed by atoms with Gasteiger partial charge in [0.25, 0.3) is 0 Å². The average molecular weight is 1640 g/mol. The number of H-pyrrole nitrogens is 4. The molecule has 10 heterocycles. The summed E-state index contributed by atoms with van der Waals surface area (Å²) < 4.78 is 0. The summed E-state index contributed by atoms with van der Waals surface area (Å²) in [5.41, 5.74) is 47.2. The average Bonchev–Trinajstić information content (AvgIpc) is 1.62. The highest BCUT2D eigenvalue weighted by Crippen LogP contribution is 2.43. The van der Waals surface area contributed by atoms with E-state index in [-0.39, 0.29) is 0 Å². The quantitative estimate of drug-likeness (QED) is 0.0601. The summed E-state index contributed by atoms with van der Waals surface area (Å²) in [6.07, 6.45) is 17.4. The zero-order chi connectivity index (χ0) is 83.0. The van der Waals surface area contributed by atoms with Crippen LogP contribution in [0.15, 0.2) is 291 Å². The molecule has 596 valence electrons. The van der Waals surface area contributed by atoms with Crippen LogP contribution in [0.2, 0.25) is 0 Å². The molecular formula is C112H90N8S3.